The molecule has 5 nitrogen and oxygen atoms in total. The van der Waals surface area contributed by atoms with Gasteiger partial charge in [0.2, 0.25) is 5.91 Å². The Morgan fingerprint density at radius 3 is 2.19 bits per heavy atom. The molecular formula is C11H22N2O3. The van der Waals surface area contributed by atoms with Crippen LogP contribution in [-0.2, 0) is 14.3 Å². The third-order valence-corrected chi connectivity index (χ3v) is 2.37. The highest BCUT2D eigenvalue weighted by Crippen LogP contribution is 1.92. The minimum Gasteiger partial charge on any atom is -0.469 e. The van der Waals surface area contributed by atoms with Gasteiger partial charge in [0.1, 0.15) is 0 Å². The Balaban J connectivity index is 3.51. The van der Waals surface area contributed by atoms with Crippen molar-refractivity contribution < 1.29 is 14.3 Å². The number of hydrogen-bond donors (Lipinski definition) is 1. The molecule has 0 atom stereocenters. The van der Waals surface area contributed by atoms with Crippen LogP contribution in [-0.4, -0.2) is 50.1 Å². The number of ether oxygens (including phenoxy) is 1. The molecule has 0 saturated carbocycles. The van der Waals surface area contributed by atoms with Crippen molar-refractivity contribution in [3.63, 3.8) is 0 Å². The number of hydrogen-bond acceptors (Lipinski definition) is 4. The van der Waals surface area contributed by atoms with E-state index in [0.29, 0.717) is 25.9 Å². The van der Waals surface area contributed by atoms with Gasteiger partial charge in [0.05, 0.1) is 13.5 Å². The summed E-state index contributed by atoms with van der Waals surface area (Å²) < 4.78 is 4.50. The van der Waals surface area contributed by atoms with Crippen LogP contribution in [0.15, 0.2) is 0 Å². The predicted octanol–water partition coefficient (Wildman–Crippen LogP) is 0.398. The lowest BCUT2D eigenvalue weighted by Crippen LogP contribution is -2.33. The molecule has 0 aromatic rings. The average molecular weight is 230 g/mol. The number of methoxy groups -OCH3 is 1. The lowest BCUT2D eigenvalue weighted by atomic mass is 10.3. The van der Waals surface area contributed by atoms with Gasteiger partial charge < -0.3 is 15.0 Å². The zero-order valence-electron chi connectivity index (χ0n) is 10.4. The zero-order valence-corrected chi connectivity index (χ0v) is 10.4. The second kappa shape index (κ2) is 9.15. The first kappa shape index (κ1) is 14.9. The molecule has 1 amide bonds. The van der Waals surface area contributed by atoms with E-state index in [2.05, 4.69) is 10.1 Å². The molecule has 0 unspecified atom stereocenters. The van der Waals surface area contributed by atoms with Gasteiger partial charge in [0.15, 0.2) is 0 Å². The molecule has 0 aliphatic rings. The Labute approximate surface area is 97.1 Å². The second-order valence-corrected chi connectivity index (χ2v) is 3.39. The molecule has 0 aromatic heterocycles. The van der Waals surface area contributed by atoms with E-state index in [1.807, 2.05) is 13.8 Å². The largest absolute Gasteiger partial charge is 0.469 e. The van der Waals surface area contributed by atoms with Gasteiger partial charge in [-0.25, -0.2) is 0 Å². The highest BCUT2D eigenvalue weighted by molar-refractivity contribution is 5.76. The van der Waals surface area contributed by atoms with Crippen molar-refractivity contribution in [2.75, 3.05) is 33.3 Å². The molecule has 0 radical (unpaired) electrons. The van der Waals surface area contributed by atoms with Crippen LogP contribution in [0.2, 0.25) is 0 Å². The molecule has 0 bridgehead atoms. The summed E-state index contributed by atoms with van der Waals surface area (Å²) in [7, 11) is 1.37. The molecule has 1 N–H and O–H groups in total. The van der Waals surface area contributed by atoms with Gasteiger partial charge >= 0.3 is 5.97 Å². The first-order chi connectivity index (χ1) is 7.65. The second-order valence-electron chi connectivity index (χ2n) is 3.39. The molecule has 0 aliphatic carbocycles. The van der Waals surface area contributed by atoms with Crippen LogP contribution in [0, 0.1) is 0 Å². The maximum Gasteiger partial charge on any atom is 0.306 e. The van der Waals surface area contributed by atoms with Gasteiger partial charge in [0.25, 0.3) is 0 Å². The lowest BCUT2D eigenvalue weighted by molar-refractivity contribution is -0.140. The van der Waals surface area contributed by atoms with E-state index >= 15 is 0 Å². The normalized spacial score (nSPS) is 9.94. The molecule has 5 heteroatoms. The van der Waals surface area contributed by atoms with Crippen LogP contribution in [0.1, 0.15) is 26.7 Å². The van der Waals surface area contributed by atoms with E-state index < -0.39 is 0 Å². The van der Waals surface area contributed by atoms with Crippen LogP contribution >= 0.6 is 0 Å². The quantitative estimate of drug-likeness (QED) is 0.484. The minimum atomic E-state index is -0.234. The zero-order chi connectivity index (χ0) is 12.4. The van der Waals surface area contributed by atoms with Gasteiger partial charge in [-0.3, -0.25) is 9.59 Å². The Hall–Kier alpha value is -1.10. The van der Waals surface area contributed by atoms with E-state index in [9.17, 15) is 9.59 Å². The van der Waals surface area contributed by atoms with Crippen molar-refractivity contribution in [3.8, 4) is 0 Å². The van der Waals surface area contributed by atoms with E-state index in [-0.39, 0.29) is 11.9 Å². The van der Waals surface area contributed by atoms with Gasteiger partial charge in [-0.2, -0.15) is 0 Å². The highest BCUT2D eigenvalue weighted by Gasteiger charge is 2.08. The molecule has 16 heavy (non-hydrogen) atoms. The Morgan fingerprint density at radius 2 is 1.69 bits per heavy atom. The maximum atomic E-state index is 11.6. The van der Waals surface area contributed by atoms with Crippen LogP contribution in [0.3, 0.4) is 0 Å². The third-order valence-electron chi connectivity index (χ3n) is 2.37. The molecule has 0 fully saturated rings. The molecule has 94 valence electrons. The Bertz CT molecular complexity index is 215. The van der Waals surface area contributed by atoms with Crippen molar-refractivity contribution in [2.45, 2.75) is 26.7 Å². The first-order valence-corrected chi connectivity index (χ1v) is 5.71. The summed E-state index contributed by atoms with van der Waals surface area (Å²) in [4.78, 5) is 24.1. The SMILES string of the molecule is CCN(CC)C(=O)CCNCCC(=O)OC. The number of rotatable bonds is 8. The number of carbonyl (C=O) groups is 2. The van der Waals surface area contributed by atoms with E-state index in [1.165, 1.54) is 7.11 Å². The van der Waals surface area contributed by atoms with E-state index in [4.69, 9.17) is 0 Å². The van der Waals surface area contributed by atoms with Crippen molar-refractivity contribution >= 4 is 11.9 Å². The van der Waals surface area contributed by atoms with E-state index in [1.54, 1.807) is 4.90 Å². The molecule has 0 rings (SSSR count). The van der Waals surface area contributed by atoms with Gasteiger partial charge in [0, 0.05) is 32.6 Å². The molecule has 0 heterocycles. The molecule has 0 spiro atoms. The van der Waals surface area contributed by atoms with Crippen molar-refractivity contribution in [1.29, 1.82) is 0 Å². The predicted molar refractivity (Wildman–Crippen MR) is 62.0 cm³/mol. The number of carbonyl (C=O) groups excluding carboxylic acids is 2. The highest BCUT2D eigenvalue weighted by atomic mass is 16.5. The fraction of sp³-hybridized carbons (Fsp3) is 0.818. The number of amides is 1. The number of nitrogens with one attached hydrogen (secondary N) is 1. The van der Waals surface area contributed by atoms with Crippen LogP contribution in [0.25, 0.3) is 0 Å². The average Bonchev–Trinajstić information content (AvgIpc) is 2.29. The molecular weight excluding hydrogens is 208 g/mol. The molecule has 0 saturated heterocycles. The van der Waals surface area contributed by atoms with Crippen LogP contribution in [0.5, 0.6) is 0 Å². The van der Waals surface area contributed by atoms with Gasteiger partial charge in [-0.05, 0) is 13.8 Å². The fourth-order valence-electron chi connectivity index (χ4n) is 1.35. The van der Waals surface area contributed by atoms with E-state index in [0.717, 1.165) is 13.1 Å². The molecule has 0 aromatic carbocycles. The topological polar surface area (TPSA) is 58.6 Å². The summed E-state index contributed by atoms with van der Waals surface area (Å²) in [6.45, 7) is 6.58. The summed E-state index contributed by atoms with van der Waals surface area (Å²) in [5, 5.41) is 3.04. The summed E-state index contributed by atoms with van der Waals surface area (Å²) in [6, 6.07) is 0. The Kier molecular flexibility index (Phi) is 8.52. The van der Waals surface area contributed by atoms with Crippen molar-refractivity contribution in [3.05, 3.63) is 0 Å². The number of esters is 1. The van der Waals surface area contributed by atoms with Crippen molar-refractivity contribution in [2.24, 2.45) is 0 Å². The van der Waals surface area contributed by atoms with Crippen molar-refractivity contribution in [1.82, 2.24) is 10.2 Å². The van der Waals surface area contributed by atoms with Gasteiger partial charge in [-0.1, -0.05) is 0 Å². The summed E-state index contributed by atoms with van der Waals surface area (Å²) in [5.74, 6) is -0.0851. The summed E-state index contributed by atoms with van der Waals surface area (Å²) in [5.41, 5.74) is 0. The smallest absolute Gasteiger partial charge is 0.306 e. The summed E-state index contributed by atoms with van der Waals surface area (Å²) >= 11 is 0. The fourth-order valence-corrected chi connectivity index (χ4v) is 1.35. The summed E-state index contributed by atoms with van der Waals surface area (Å²) in [6.07, 6.45) is 0.818. The van der Waals surface area contributed by atoms with Crippen LogP contribution < -0.4 is 5.32 Å². The van der Waals surface area contributed by atoms with Gasteiger partial charge in [-0.15, -0.1) is 0 Å². The lowest BCUT2D eigenvalue weighted by Gasteiger charge is -2.18. The molecule has 0 aliphatic heterocycles. The monoisotopic (exact) mass is 230 g/mol. The standard InChI is InChI=1S/C11H22N2O3/c1-4-13(5-2)10(14)6-8-12-9-7-11(15)16-3/h12H,4-9H2,1-3H3. The third kappa shape index (κ3) is 6.40. The minimum absolute atomic E-state index is 0.149. The van der Waals surface area contributed by atoms with Crippen LogP contribution in [0.4, 0.5) is 0 Å². The first-order valence-electron chi connectivity index (χ1n) is 5.71. The number of nitrogens with zero attached hydrogens (tertiary/aromatic N) is 1. The Morgan fingerprint density at radius 1 is 1.12 bits per heavy atom. The maximum absolute atomic E-state index is 11.6.